The molecule has 1 N–H and O–H groups in total. The van der Waals surface area contributed by atoms with Crippen molar-refractivity contribution >= 4 is 0 Å². The minimum Gasteiger partial charge on any atom is -0.469 e. The van der Waals surface area contributed by atoms with Crippen LogP contribution in [0.2, 0.25) is 0 Å². The van der Waals surface area contributed by atoms with E-state index >= 15 is 0 Å². The van der Waals surface area contributed by atoms with E-state index in [1.165, 1.54) is 11.1 Å². The Morgan fingerprint density at radius 3 is 2.67 bits per heavy atom. The van der Waals surface area contributed by atoms with E-state index < -0.39 is 0 Å². The van der Waals surface area contributed by atoms with Gasteiger partial charge in [-0.2, -0.15) is 0 Å². The average molecular weight is 243 g/mol. The van der Waals surface area contributed by atoms with Gasteiger partial charge in [-0.05, 0) is 50.1 Å². The van der Waals surface area contributed by atoms with Crippen LogP contribution in [-0.4, -0.2) is 13.1 Å². The molecule has 2 heteroatoms. The topological polar surface area (TPSA) is 25.2 Å². The molecule has 1 aromatic carbocycles. The van der Waals surface area contributed by atoms with Gasteiger partial charge >= 0.3 is 0 Å². The molecule has 1 atom stereocenters. The van der Waals surface area contributed by atoms with E-state index in [4.69, 9.17) is 4.42 Å². The van der Waals surface area contributed by atoms with Crippen molar-refractivity contribution in [3.8, 4) is 0 Å². The van der Waals surface area contributed by atoms with Crippen molar-refractivity contribution < 1.29 is 4.42 Å². The fourth-order valence-electron chi connectivity index (χ4n) is 2.22. The first-order valence-corrected chi connectivity index (χ1v) is 6.53. The Morgan fingerprint density at radius 2 is 2.00 bits per heavy atom. The highest BCUT2D eigenvalue weighted by Gasteiger charge is 2.09. The van der Waals surface area contributed by atoms with E-state index in [1.54, 1.807) is 6.26 Å². The first-order chi connectivity index (χ1) is 8.79. The third-order valence-corrected chi connectivity index (χ3v) is 3.46. The highest BCUT2D eigenvalue weighted by Crippen LogP contribution is 2.13. The Hall–Kier alpha value is -1.54. The molecule has 0 amide bonds. The summed E-state index contributed by atoms with van der Waals surface area (Å²) in [6.45, 7) is 2.18. The summed E-state index contributed by atoms with van der Waals surface area (Å²) in [6, 6.07) is 13.1. The summed E-state index contributed by atoms with van der Waals surface area (Å²) < 4.78 is 5.37. The molecule has 2 aromatic rings. The Morgan fingerprint density at radius 1 is 1.17 bits per heavy atom. The molecule has 2 rings (SSSR count). The number of furan rings is 1. The van der Waals surface area contributed by atoms with Crippen LogP contribution in [0.3, 0.4) is 0 Å². The van der Waals surface area contributed by atoms with E-state index in [2.05, 4.69) is 36.5 Å². The molecule has 1 aromatic heterocycles. The number of rotatable bonds is 6. The van der Waals surface area contributed by atoms with Crippen molar-refractivity contribution in [2.45, 2.75) is 32.2 Å². The van der Waals surface area contributed by atoms with Crippen LogP contribution >= 0.6 is 0 Å². The second-order valence-corrected chi connectivity index (χ2v) is 4.73. The van der Waals surface area contributed by atoms with Gasteiger partial charge in [0, 0.05) is 12.5 Å². The maximum absolute atomic E-state index is 5.37. The van der Waals surface area contributed by atoms with Crippen LogP contribution in [0.5, 0.6) is 0 Å². The zero-order chi connectivity index (χ0) is 12.8. The van der Waals surface area contributed by atoms with Crippen LogP contribution in [0.4, 0.5) is 0 Å². The summed E-state index contributed by atoms with van der Waals surface area (Å²) >= 11 is 0. The summed E-state index contributed by atoms with van der Waals surface area (Å²) in [4.78, 5) is 0. The molecule has 96 valence electrons. The lowest BCUT2D eigenvalue weighted by Gasteiger charge is -2.16. The SMILES string of the molecule is CNC(CCc1ccco1)Cc1ccccc1C. The number of hydrogen-bond acceptors (Lipinski definition) is 2. The smallest absolute Gasteiger partial charge is 0.103 e. The zero-order valence-electron chi connectivity index (χ0n) is 11.1. The van der Waals surface area contributed by atoms with E-state index in [1.807, 2.05) is 19.2 Å². The quantitative estimate of drug-likeness (QED) is 0.841. The first-order valence-electron chi connectivity index (χ1n) is 6.53. The maximum Gasteiger partial charge on any atom is 0.103 e. The third kappa shape index (κ3) is 3.47. The molecule has 0 saturated heterocycles. The van der Waals surface area contributed by atoms with Crippen LogP contribution in [0, 0.1) is 6.92 Å². The van der Waals surface area contributed by atoms with E-state index in [-0.39, 0.29) is 0 Å². The van der Waals surface area contributed by atoms with Gasteiger partial charge in [0.1, 0.15) is 5.76 Å². The highest BCUT2D eigenvalue weighted by atomic mass is 16.3. The van der Waals surface area contributed by atoms with Crippen molar-refractivity contribution in [2.75, 3.05) is 7.05 Å². The number of nitrogens with one attached hydrogen (secondary N) is 1. The molecule has 0 aliphatic heterocycles. The van der Waals surface area contributed by atoms with Crippen LogP contribution < -0.4 is 5.32 Å². The number of aryl methyl sites for hydroxylation is 2. The minimum absolute atomic E-state index is 0.496. The second-order valence-electron chi connectivity index (χ2n) is 4.73. The summed E-state index contributed by atoms with van der Waals surface area (Å²) in [5.74, 6) is 1.07. The number of likely N-dealkylation sites (N-methyl/N-ethyl adjacent to an activating group) is 1. The van der Waals surface area contributed by atoms with E-state index in [0.29, 0.717) is 6.04 Å². The molecule has 0 fully saturated rings. The van der Waals surface area contributed by atoms with Gasteiger partial charge in [0.15, 0.2) is 0 Å². The lowest BCUT2D eigenvalue weighted by Crippen LogP contribution is -2.28. The molecule has 2 nitrogen and oxygen atoms in total. The van der Waals surface area contributed by atoms with Crippen molar-refractivity contribution in [3.63, 3.8) is 0 Å². The number of hydrogen-bond donors (Lipinski definition) is 1. The zero-order valence-corrected chi connectivity index (χ0v) is 11.1. The molecule has 18 heavy (non-hydrogen) atoms. The monoisotopic (exact) mass is 243 g/mol. The molecule has 0 saturated carbocycles. The van der Waals surface area contributed by atoms with Crippen molar-refractivity contribution in [2.24, 2.45) is 0 Å². The van der Waals surface area contributed by atoms with Crippen LogP contribution in [-0.2, 0) is 12.8 Å². The maximum atomic E-state index is 5.37. The Labute approximate surface area is 109 Å². The summed E-state index contributed by atoms with van der Waals surface area (Å²) in [5, 5.41) is 3.40. The fraction of sp³-hybridized carbons (Fsp3) is 0.375. The molecule has 0 aliphatic carbocycles. The second kappa shape index (κ2) is 6.41. The van der Waals surface area contributed by atoms with Crippen molar-refractivity contribution in [1.82, 2.24) is 5.32 Å². The fourth-order valence-corrected chi connectivity index (χ4v) is 2.22. The summed E-state index contributed by atoms with van der Waals surface area (Å²) in [6.07, 6.45) is 4.90. The Kier molecular flexibility index (Phi) is 4.59. The molecular weight excluding hydrogens is 222 g/mol. The summed E-state index contributed by atoms with van der Waals surface area (Å²) in [5.41, 5.74) is 2.80. The van der Waals surface area contributed by atoms with Gasteiger partial charge in [-0.25, -0.2) is 0 Å². The van der Waals surface area contributed by atoms with E-state index in [9.17, 15) is 0 Å². The van der Waals surface area contributed by atoms with Gasteiger partial charge < -0.3 is 9.73 Å². The molecule has 1 heterocycles. The summed E-state index contributed by atoms with van der Waals surface area (Å²) in [7, 11) is 2.03. The van der Waals surface area contributed by atoms with Gasteiger partial charge in [0.25, 0.3) is 0 Å². The van der Waals surface area contributed by atoms with Gasteiger partial charge in [0.2, 0.25) is 0 Å². The lowest BCUT2D eigenvalue weighted by molar-refractivity contribution is 0.460. The molecule has 0 radical (unpaired) electrons. The molecule has 0 aliphatic rings. The standard InChI is InChI=1S/C16H21NO/c1-13-6-3-4-7-14(13)12-15(17-2)9-10-16-8-5-11-18-16/h3-8,11,15,17H,9-10,12H2,1-2H3. The van der Waals surface area contributed by atoms with Crippen molar-refractivity contribution in [1.29, 1.82) is 0 Å². The third-order valence-electron chi connectivity index (χ3n) is 3.46. The lowest BCUT2D eigenvalue weighted by atomic mass is 9.98. The van der Waals surface area contributed by atoms with Gasteiger partial charge in [0.05, 0.1) is 6.26 Å². The molecule has 1 unspecified atom stereocenters. The van der Waals surface area contributed by atoms with Gasteiger partial charge in [-0.15, -0.1) is 0 Å². The molecular formula is C16H21NO. The van der Waals surface area contributed by atoms with Crippen LogP contribution in [0.25, 0.3) is 0 Å². The van der Waals surface area contributed by atoms with Gasteiger partial charge in [-0.1, -0.05) is 24.3 Å². The van der Waals surface area contributed by atoms with Crippen LogP contribution in [0.1, 0.15) is 23.3 Å². The normalized spacial score (nSPS) is 12.6. The average Bonchev–Trinajstić information content (AvgIpc) is 2.90. The molecule has 0 bridgehead atoms. The Balaban J connectivity index is 1.91. The first kappa shape index (κ1) is 12.9. The largest absolute Gasteiger partial charge is 0.469 e. The van der Waals surface area contributed by atoms with E-state index in [0.717, 1.165) is 25.0 Å². The van der Waals surface area contributed by atoms with Crippen LogP contribution in [0.15, 0.2) is 47.1 Å². The highest BCUT2D eigenvalue weighted by molar-refractivity contribution is 5.26. The molecule has 0 spiro atoms. The van der Waals surface area contributed by atoms with Gasteiger partial charge in [-0.3, -0.25) is 0 Å². The Bertz CT molecular complexity index is 462. The minimum atomic E-state index is 0.496. The predicted molar refractivity (Wildman–Crippen MR) is 74.8 cm³/mol. The predicted octanol–water partition coefficient (Wildman–Crippen LogP) is 3.35. The number of benzene rings is 1. The van der Waals surface area contributed by atoms with Crippen molar-refractivity contribution in [3.05, 3.63) is 59.5 Å².